The highest BCUT2D eigenvalue weighted by molar-refractivity contribution is 5.78. The van der Waals surface area contributed by atoms with E-state index in [2.05, 4.69) is 4.90 Å². The van der Waals surface area contributed by atoms with E-state index in [-0.39, 0.29) is 5.91 Å². The van der Waals surface area contributed by atoms with Crippen molar-refractivity contribution in [3.05, 3.63) is 23.8 Å². The Kier molecular flexibility index (Phi) is 6.01. The number of ether oxygens (including phenoxy) is 3. The van der Waals surface area contributed by atoms with Crippen LogP contribution in [-0.4, -0.2) is 81.0 Å². The molecule has 7 nitrogen and oxygen atoms in total. The average molecular weight is 364 g/mol. The van der Waals surface area contributed by atoms with Crippen molar-refractivity contribution < 1.29 is 24.1 Å². The number of benzene rings is 1. The smallest absolute Gasteiger partial charge is 0.236 e. The zero-order valence-corrected chi connectivity index (χ0v) is 15.6. The van der Waals surface area contributed by atoms with Crippen LogP contribution < -0.4 is 9.47 Å². The Hall–Kier alpha value is -1.83. The van der Waals surface area contributed by atoms with Crippen molar-refractivity contribution in [1.82, 2.24) is 9.80 Å². The predicted octanol–water partition coefficient (Wildman–Crippen LogP) is 0.846. The Balaban J connectivity index is 1.59. The molecule has 0 saturated carbocycles. The van der Waals surface area contributed by atoms with Crippen molar-refractivity contribution in [3.63, 3.8) is 0 Å². The van der Waals surface area contributed by atoms with Crippen molar-refractivity contribution in [2.45, 2.75) is 18.4 Å². The molecule has 2 heterocycles. The van der Waals surface area contributed by atoms with Gasteiger partial charge in [0, 0.05) is 26.2 Å². The Morgan fingerprint density at radius 1 is 1.12 bits per heavy atom. The minimum Gasteiger partial charge on any atom is -0.493 e. The lowest BCUT2D eigenvalue weighted by atomic mass is 9.84. The lowest BCUT2D eigenvalue weighted by Gasteiger charge is -2.39. The largest absolute Gasteiger partial charge is 0.493 e. The van der Waals surface area contributed by atoms with E-state index in [0.29, 0.717) is 70.3 Å². The summed E-state index contributed by atoms with van der Waals surface area (Å²) in [5, 5.41) is 11.1. The quantitative estimate of drug-likeness (QED) is 0.835. The fourth-order valence-electron chi connectivity index (χ4n) is 3.60. The van der Waals surface area contributed by atoms with Gasteiger partial charge in [-0.15, -0.1) is 0 Å². The molecule has 1 amide bonds. The maximum atomic E-state index is 12.4. The third-order valence-electron chi connectivity index (χ3n) is 5.33. The highest BCUT2D eigenvalue weighted by Crippen LogP contribution is 2.37. The van der Waals surface area contributed by atoms with Crippen LogP contribution in [-0.2, 0) is 15.1 Å². The number of methoxy groups -OCH3 is 2. The summed E-state index contributed by atoms with van der Waals surface area (Å²) in [6.45, 7) is 4.34. The number of likely N-dealkylation sites (tertiary alicyclic amines) is 1. The van der Waals surface area contributed by atoms with E-state index in [1.165, 1.54) is 0 Å². The number of hydrogen-bond donors (Lipinski definition) is 1. The van der Waals surface area contributed by atoms with E-state index in [4.69, 9.17) is 14.2 Å². The van der Waals surface area contributed by atoms with Crippen LogP contribution in [0.25, 0.3) is 0 Å². The monoisotopic (exact) mass is 364 g/mol. The molecule has 0 unspecified atom stereocenters. The third kappa shape index (κ3) is 4.11. The van der Waals surface area contributed by atoms with Gasteiger partial charge in [0.2, 0.25) is 5.91 Å². The first-order valence-corrected chi connectivity index (χ1v) is 9.08. The molecule has 0 radical (unpaired) electrons. The molecule has 2 aliphatic rings. The van der Waals surface area contributed by atoms with E-state index in [0.717, 1.165) is 5.56 Å². The maximum absolute atomic E-state index is 12.4. The van der Waals surface area contributed by atoms with Crippen LogP contribution in [0.4, 0.5) is 0 Å². The standard InChI is InChI=1S/C19H28N2O5/c1-24-16-4-3-15(13-17(16)25-2)19(23)5-7-20(8-6-19)14-18(22)21-9-11-26-12-10-21/h3-4,13,23H,5-12,14H2,1-2H3. The molecule has 1 N–H and O–H groups in total. The lowest BCUT2D eigenvalue weighted by Crippen LogP contribution is -2.49. The Bertz CT molecular complexity index is 622. The third-order valence-corrected chi connectivity index (χ3v) is 5.33. The molecule has 0 aliphatic carbocycles. The molecule has 0 atom stereocenters. The van der Waals surface area contributed by atoms with Gasteiger partial charge in [0.05, 0.1) is 39.6 Å². The molecule has 2 saturated heterocycles. The van der Waals surface area contributed by atoms with Gasteiger partial charge in [-0.05, 0) is 30.5 Å². The molecule has 0 spiro atoms. The van der Waals surface area contributed by atoms with Gasteiger partial charge in [0.15, 0.2) is 11.5 Å². The Labute approximate surface area is 154 Å². The summed E-state index contributed by atoms with van der Waals surface area (Å²) in [5.41, 5.74) is -0.0766. The van der Waals surface area contributed by atoms with Gasteiger partial charge < -0.3 is 24.2 Å². The second-order valence-electron chi connectivity index (χ2n) is 6.87. The second-order valence-corrected chi connectivity index (χ2v) is 6.87. The molecule has 2 fully saturated rings. The number of hydrogen-bond acceptors (Lipinski definition) is 6. The number of carbonyl (C=O) groups excluding carboxylic acids is 1. The molecule has 2 aliphatic heterocycles. The Morgan fingerprint density at radius 2 is 1.77 bits per heavy atom. The summed E-state index contributed by atoms with van der Waals surface area (Å²) >= 11 is 0. The van der Waals surface area contributed by atoms with Crippen LogP contribution in [0.3, 0.4) is 0 Å². The fraction of sp³-hybridized carbons (Fsp3) is 0.632. The van der Waals surface area contributed by atoms with Crippen LogP contribution in [0.5, 0.6) is 11.5 Å². The summed E-state index contributed by atoms with van der Waals surface area (Å²) in [4.78, 5) is 16.4. The van der Waals surface area contributed by atoms with Crippen molar-refractivity contribution in [1.29, 1.82) is 0 Å². The number of aliphatic hydroxyl groups is 1. The topological polar surface area (TPSA) is 71.5 Å². The zero-order valence-electron chi connectivity index (χ0n) is 15.6. The molecular formula is C19H28N2O5. The first-order valence-electron chi connectivity index (χ1n) is 9.08. The second kappa shape index (κ2) is 8.24. The van der Waals surface area contributed by atoms with Gasteiger partial charge >= 0.3 is 0 Å². The summed E-state index contributed by atoms with van der Waals surface area (Å²) in [6.07, 6.45) is 1.16. The predicted molar refractivity (Wildman–Crippen MR) is 96.5 cm³/mol. The number of carbonyl (C=O) groups is 1. The van der Waals surface area contributed by atoms with Gasteiger partial charge in [-0.2, -0.15) is 0 Å². The van der Waals surface area contributed by atoms with Crippen LogP contribution >= 0.6 is 0 Å². The lowest BCUT2D eigenvalue weighted by molar-refractivity contribution is -0.137. The molecule has 3 rings (SSSR count). The summed E-state index contributed by atoms with van der Waals surface area (Å²) in [6, 6.07) is 5.55. The van der Waals surface area contributed by atoms with Gasteiger partial charge in [0.1, 0.15) is 0 Å². The van der Waals surface area contributed by atoms with Crippen molar-refractivity contribution >= 4 is 5.91 Å². The van der Waals surface area contributed by atoms with Crippen molar-refractivity contribution in [3.8, 4) is 11.5 Å². The average Bonchev–Trinajstić information content (AvgIpc) is 2.70. The molecule has 26 heavy (non-hydrogen) atoms. The summed E-state index contributed by atoms with van der Waals surface area (Å²) in [7, 11) is 3.18. The van der Waals surface area contributed by atoms with Crippen LogP contribution in [0.2, 0.25) is 0 Å². The van der Waals surface area contributed by atoms with Crippen LogP contribution in [0, 0.1) is 0 Å². The zero-order chi connectivity index (χ0) is 18.6. The highest BCUT2D eigenvalue weighted by Gasteiger charge is 2.35. The Morgan fingerprint density at radius 3 is 2.38 bits per heavy atom. The number of piperidine rings is 1. The molecule has 1 aromatic rings. The number of rotatable bonds is 5. The van der Waals surface area contributed by atoms with E-state index < -0.39 is 5.60 Å². The van der Waals surface area contributed by atoms with Crippen LogP contribution in [0.1, 0.15) is 18.4 Å². The van der Waals surface area contributed by atoms with Gasteiger partial charge in [-0.25, -0.2) is 0 Å². The number of nitrogens with zero attached hydrogens (tertiary/aromatic N) is 2. The van der Waals surface area contributed by atoms with Gasteiger partial charge in [0.25, 0.3) is 0 Å². The maximum Gasteiger partial charge on any atom is 0.236 e. The summed E-state index contributed by atoms with van der Waals surface area (Å²) in [5.74, 6) is 1.40. The van der Waals surface area contributed by atoms with E-state index in [1.807, 2.05) is 23.1 Å². The molecule has 1 aromatic carbocycles. The number of morpholine rings is 1. The fourth-order valence-corrected chi connectivity index (χ4v) is 3.60. The van der Waals surface area contributed by atoms with E-state index >= 15 is 0 Å². The van der Waals surface area contributed by atoms with Crippen molar-refractivity contribution in [2.24, 2.45) is 0 Å². The van der Waals surface area contributed by atoms with Crippen LogP contribution in [0.15, 0.2) is 18.2 Å². The number of amides is 1. The molecule has 0 bridgehead atoms. The molecular weight excluding hydrogens is 336 g/mol. The molecule has 0 aromatic heterocycles. The summed E-state index contributed by atoms with van der Waals surface area (Å²) < 4.78 is 15.9. The van der Waals surface area contributed by atoms with Gasteiger partial charge in [-0.1, -0.05) is 6.07 Å². The molecule has 144 valence electrons. The van der Waals surface area contributed by atoms with Crippen molar-refractivity contribution in [2.75, 3.05) is 60.2 Å². The first-order chi connectivity index (χ1) is 12.6. The van der Waals surface area contributed by atoms with E-state index in [9.17, 15) is 9.90 Å². The highest BCUT2D eigenvalue weighted by atomic mass is 16.5. The minimum atomic E-state index is -0.905. The minimum absolute atomic E-state index is 0.143. The normalized spacial score (nSPS) is 20.7. The van der Waals surface area contributed by atoms with E-state index in [1.54, 1.807) is 14.2 Å². The first kappa shape index (κ1) is 18.9. The van der Waals surface area contributed by atoms with Gasteiger partial charge in [-0.3, -0.25) is 9.69 Å². The SMILES string of the molecule is COc1ccc(C2(O)CCN(CC(=O)N3CCOCC3)CC2)cc1OC. The molecule has 7 heteroatoms.